The molecule has 144 valence electrons. The average Bonchev–Trinajstić information content (AvgIpc) is 3.23. The molecular formula is C20H20N4O4. The molecule has 8 heteroatoms. The third-order valence-electron chi connectivity index (χ3n) is 4.67. The van der Waals surface area contributed by atoms with E-state index in [9.17, 15) is 9.59 Å². The standard InChI is InChI=1S/C20H20N4O4/c25-17-11-6-9-15(21-17)20-22-19(23-28-20)16-10-4-5-12-24(16)18(26)13-27-14-7-2-1-3-8-14/h1-3,6-9,11,16H,4-5,10,12-13H2,(H,21,25). The van der Waals surface area contributed by atoms with Crippen molar-refractivity contribution in [1.82, 2.24) is 20.0 Å². The summed E-state index contributed by atoms with van der Waals surface area (Å²) in [5.41, 5.74) is 0.206. The molecule has 0 saturated carbocycles. The Balaban J connectivity index is 1.49. The second kappa shape index (κ2) is 8.08. The molecule has 2 aromatic heterocycles. The highest BCUT2D eigenvalue weighted by atomic mass is 16.5. The van der Waals surface area contributed by atoms with Crippen molar-refractivity contribution in [3.05, 3.63) is 64.7 Å². The molecule has 28 heavy (non-hydrogen) atoms. The first-order valence-electron chi connectivity index (χ1n) is 9.21. The highest BCUT2D eigenvalue weighted by Gasteiger charge is 2.32. The predicted molar refractivity (Wildman–Crippen MR) is 101 cm³/mol. The van der Waals surface area contributed by atoms with E-state index in [1.807, 2.05) is 30.3 Å². The quantitative estimate of drug-likeness (QED) is 0.730. The lowest BCUT2D eigenvalue weighted by Gasteiger charge is -2.33. The summed E-state index contributed by atoms with van der Waals surface area (Å²) in [6.07, 6.45) is 2.64. The lowest BCUT2D eigenvalue weighted by molar-refractivity contribution is -0.137. The average molecular weight is 380 g/mol. The minimum atomic E-state index is -0.270. The number of ether oxygens (including phenoxy) is 1. The van der Waals surface area contributed by atoms with Gasteiger partial charge in [0.15, 0.2) is 12.4 Å². The van der Waals surface area contributed by atoms with Gasteiger partial charge >= 0.3 is 0 Å². The maximum atomic E-state index is 12.7. The monoisotopic (exact) mass is 380 g/mol. The smallest absolute Gasteiger partial charge is 0.274 e. The van der Waals surface area contributed by atoms with E-state index in [1.165, 1.54) is 6.07 Å². The number of piperidine rings is 1. The summed E-state index contributed by atoms with van der Waals surface area (Å²) in [4.78, 5) is 33.1. The zero-order chi connectivity index (χ0) is 19.3. The molecule has 3 aromatic rings. The Morgan fingerprint density at radius 1 is 1.18 bits per heavy atom. The summed E-state index contributed by atoms with van der Waals surface area (Å²) in [6.45, 7) is 0.574. The number of nitrogens with zero attached hydrogens (tertiary/aromatic N) is 3. The molecule has 1 aliphatic rings. The van der Waals surface area contributed by atoms with Crippen molar-refractivity contribution in [3.8, 4) is 17.3 Å². The number of carbonyl (C=O) groups excluding carboxylic acids is 1. The summed E-state index contributed by atoms with van der Waals surface area (Å²) < 4.78 is 10.9. The van der Waals surface area contributed by atoms with Crippen molar-refractivity contribution in [3.63, 3.8) is 0 Å². The van der Waals surface area contributed by atoms with Gasteiger partial charge in [0.1, 0.15) is 11.4 Å². The fraction of sp³-hybridized carbons (Fsp3) is 0.300. The molecule has 0 spiro atoms. The van der Waals surface area contributed by atoms with Crippen molar-refractivity contribution in [1.29, 1.82) is 0 Å². The Hall–Kier alpha value is -3.42. The first kappa shape index (κ1) is 18.0. The summed E-state index contributed by atoms with van der Waals surface area (Å²) in [6, 6.07) is 13.7. The molecule has 1 N–H and O–H groups in total. The maximum Gasteiger partial charge on any atom is 0.274 e. The molecule has 1 aliphatic heterocycles. The van der Waals surface area contributed by atoms with Gasteiger partial charge in [-0.1, -0.05) is 29.4 Å². The number of likely N-dealkylation sites (tertiary alicyclic amines) is 1. The third kappa shape index (κ3) is 3.95. The van der Waals surface area contributed by atoms with Crippen LogP contribution in [-0.2, 0) is 4.79 Å². The van der Waals surface area contributed by atoms with Gasteiger partial charge in [-0.05, 0) is 37.5 Å². The Morgan fingerprint density at radius 3 is 2.86 bits per heavy atom. The minimum absolute atomic E-state index is 0.0444. The summed E-state index contributed by atoms with van der Waals surface area (Å²) in [5.74, 6) is 1.20. The van der Waals surface area contributed by atoms with Crippen LogP contribution in [0, 0.1) is 0 Å². The van der Waals surface area contributed by atoms with Crippen molar-refractivity contribution in [2.45, 2.75) is 25.3 Å². The molecule has 4 rings (SSSR count). The molecule has 1 saturated heterocycles. The summed E-state index contributed by atoms with van der Waals surface area (Å²) >= 11 is 0. The van der Waals surface area contributed by atoms with Gasteiger partial charge in [-0.2, -0.15) is 4.98 Å². The second-order valence-electron chi connectivity index (χ2n) is 6.59. The number of carbonyl (C=O) groups is 1. The number of hydrogen-bond donors (Lipinski definition) is 1. The zero-order valence-corrected chi connectivity index (χ0v) is 15.2. The van der Waals surface area contributed by atoms with Crippen molar-refractivity contribution in [2.24, 2.45) is 0 Å². The van der Waals surface area contributed by atoms with Gasteiger partial charge in [-0.25, -0.2) is 0 Å². The molecule has 0 bridgehead atoms. The molecule has 0 radical (unpaired) electrons. The van der Waals surface area contributed by atoms with E-state index in [4.69, 9.17) is 9.26 Å². The molecular weight excluding hydrogens is 360 g/mol. The van der Waals surface area contributed by atoms with Crippen LogP contribution in [0.1, 0.15) is 31.1 Å². The van der Waals surface area contributed by atoms with E-state index < -0.39 is 0 Å². The second-order valence-corrected chi connectivity index (χ2v) is 6.59. The van der Waals surface area contributed by atoms with Crippen molar-refractivity contribution in [2.75, 3.05) is 13.2 Å². The van der Waals surface area contributed by atoms with E-state index in [0.717, 1.165) is 19.3 Å². The van der Waals surface area contributed by atoms with E-state index in [2.05, 4.69) is 15.1 Å². The minimum Gasteiger partial charge on any atom is -0.484 e. The number of nitrogens with one attached hydrogen (secondary N) is 1. The SMILES string of the molecule is O=C(COc1ccccc1)N1CCCCC1c1noc(-c2cccc(=O)[nH]2)n1. The van der Waals surface area contributed by atoms with E-state index in [0.29, 0.717) is 23.8 Å². The highest BCUT2D eigenvalue weighted by Crippen LogP contribution is 2.30. The van der Waals surface area contributed by atoms with Crippen molar-refractivity contribution >= 4 is 5.91 Å². The van der Waals surface area contributed by atoms with Crippen LogP contribution in [0.5, 0.6) is 5.75 Å². The largest absolute Gasteiger partial charge is 0.484 e. The van der Waals surface area contributed by atoms with Gasteiger partial charge in [0.05, 0.1) is 6.04 Å². The Labute approximate surface area is 161 Å². The van der Waals surface area contributed by atoms with Crippen LogP contribution in [0.3, 0.4) is 0 Å². The van der Waals surface area contributed by atoms with Gasteiger partial charge < -0.3 is 19.1 Å². The van der Waals surface area contributed by atoms with Crippen LogP contribution in [0.15, 0.2) is 57.8 Å². The fourth-order valence-corrected chi connectivity index (χ4v) is 3.30. The molecule has 1 atom stereocenters. The molecule has 3 heterocycles. The van der Waals surface area contributed by atoms with E-state index >= 15 is 0 Å². The lowest BCUT2D eigenvalue weighted by atomic mass is 10.0. The number of aromatic amines is 1. The molecule has 1 amide bonds. The number of hydrogen-bond acceptors (Lipinski definition) is 6. The first-order valence-corrected chi connectivity index (χ1v) is 9.21. The number of amides is 1. The number of aromatic nitrogens is 3. The topological polar surface area (TPSA) is 101 Å². The van der Waals surface area contributed by atoms with E-state index in [1.54, 1.807) is 17.0 Å². The van der Waals surface area contributed by atoms with Crippen LogP contribution >= 0.6 is 0 Å². The van der Waals surface area contributed by atoms with Crippen LogP contribution in [0.4, 0.5) is 0 Å². The number of benzene rings is 1. The van der Waals surface area contributed by atoms with Crippen LogP contribution in [0.2, 0.25) is 0 Å². The molecule has 1 fully saturated rings. The normalized spacial score (nSPS) is 16.7. The zero-order valence-electron chi connectivity index (χ0n) is 15.2. The Morgan fingerprint density at radius 2 is 2.04 bits per heavy atom. The van der Waals surface area contributed by atoms with Gasteiger partial charge in [0, 0.05) is 12.6 Å². The van der Waals surface area contributed by atoms with Crippen LogP contribution < -0.4 is 10.3 Å². The van der Waals surface area contributed by atoms with Crippen LogP contribution in [0.25, 0.3) is 11.6 Å². The molecule has 1 unspecified atom stereocenters. The highest BCUT2D eigenvalue weighted by molar-refractivity contribution is 5.78. The third-order valence-corrected chi connectivity index (χ3v) is 4.67. The maximum absolute atomic E-state index is 12.7. The first-order chi connectivity index (χ1) is 13.7. The fourth-order valence-electron chi connectivity index (χ4n) is 3.30. The van der Waals surface area contributed by atoms with Crippen LogP contribution in [-0.4, -0.2) is 39.1 Å². The van der Waals surface area contributed by atoms with Gasteiger partial charge in [-0.15, -0.1) is 0 Å². The molecule has 8 nitrogen and oxygen atoms in total. The number of H-pyrrole nitrogens is 1. The van der Waals surface area contributed by atoms with Crippen molar-refractivity contribution < 1.29 is 14.1 Å². The number of rotatable bonds is 5. The van der Waals surface area contributed by atoms with Gasteiger partial charge in [0.2, 0.25) is 5.56 Å². The summed E-state index contributed by atoms with van der Waals surface area (Å²) in [7, 11) is 0. The van der Waals surface area contributed by atoms with Gasteiger partial charge in [0.25, 0.3) is 11.8 Å². The van der Waals surface area contributed by atoms with E-state index in [-0.39, 0.29) is 30.0 Å². The number of para-hydroxylation sites is 1. The summed E-state index contributed by atoms with van der Waals surface area (Å²) in [5, 5.41) is 4.05. The Bertz CT molecular complexity index is 998. The lowest BCUT2D eigenvalue weighted by Crippen LogP contribution is -2.41. The van der Waals surface area contributed by atoms with Gasteiger partial charge in [-0.3, -0.25) is 9.59 Å². The number of pyridine rings is 1. The molecule has 0 aliphatic carbocycles. The molecule has 1 aromatic carbocycles. The Kier molecular flexibility index (Phi) is 5.18. The predicted octanol–water partition coefficient (Wildman–Crippen LogP) is 2.56.